The first-order valence-corrected chi connectivity index (χ1v) is 17.7. The smallest absolute Gasteiger partial charge is 0.135 e. The van der Waals surface area contributed by atoms with Gasteiger partial charge in [0, 0.05) is 33.1 Å². The highest BCUT2D eigenvalue weighted by Crippen LogP contribution is 2.54. The predicted octanol–water partition coefficient (Wildman–Crippen LogP) is 13.4. The van der Waals surface area contributed by atoms with Crippen LogP contribution >= 0.6 is 0 Å². The maximum absolute atomic E-state index is 6.29. The fourth-order valence-corrected chi connectivity index (χ4v) is 8.77. The fourth-order valence-electron chi connectivity index (χ4n) is 8.77. The molecule has 0 N–H and O–H groups in total. The molecule has 0 amide bonds. The summed E-state index contributed by atoms with van der Waals surface area (Å²) in [4.78, 5) is 2.46. The zero-order valence-electron chi connectivity index (χ0n) is 29.4. The van der Waals surface area contributed by atoms with Gasteiger partial charge in [0.15, 0.2) is 0 Å². The van der Waals surface area contributed by atoms with Crippen molar-refractivity contribution in [3.05, 3.63) is 150 Å². The van der Waals surface area contributed by atoms with Gasteiger partial charge < -0.3 is 9.32 Å². The van der Waals surface area contributed by atoms with Crippen LogP contribution in [0.2, 0.25) is 0 Å². The van der Waals surface area contributed by atoms with Gasteiger partial charge >= 0.3 is 0 Å². The van der Waals surface area contributed by atoms with E-state index in [1.165, 1.54) is 63.0 Å². The number of furan rings is 1. The van der Waals surface area contributed by atoms with Gasteiger partial charge in [-0.25, -0.2) is 0 Å². The van der Waals surface area contributed by atoms with Gasteiger partial charge in [0.2, 0.25) is 0 Å². The summed E-state index contributed by atoms with van der Waals surface area (Å²) in [5.41, 5.74) is 16.3. The van der Waals surface area contributed by atoms with E-state index in [4.69, 9.17) is 4.42 Å². The number of rotatable bonds is 4. The second-order valence-electron chi connectivity index (χ2n) is 16.1. The van der Waals surface area contributed by atoms with Crippen LogP contribution in [0.4, 0.5) is 17.1 Å². The number of benzene rings is 6. The molecule has 49 heavy (non-hydrogen) atoms. The Kier molecular flexibility index (Phi) is 6.41. The summed E-state index contributed by atoms with van der Waals surface area (Å²) in [7, 11) is 0. The molecule has 2 nitrogen and oxygen atoms in total. The number of anilines is 3. The molecule has 242 valence electrons. The molecule has 1 heterocycles. The van der Waals surface area contributed by atoms with E-state index in [1.807, 2.05) is 6.07 Å². The number of hydrogen-bond donors (Lipinski definition) is 0. The molecule has 0 saturated heterocycles. The summed E-state index contributed by atoms with van der Waals surface area (Å²) in [5.74, 6) is 0. The summed E-state index contributed by atoms with van der Waals surface area (Å²) >= 11 is 0. The number of fused-ring (bicyclic) bond motifs is 7. The zero-order chi connectivity index (χ0) is 33.7. The molecule has 0 aliphatic heterocycles. The third kappa shape index (κ3) is 4.53. The van der Waals surface area contributed by atoms with E-state index < -0.39 is 0 Å². The molecule has 7 aromatic rings. The Morgan fingerprint density at radius 2 is 1.16 bits per heavy atom. The molecule has 0 unspecified atom stereocenters. The van der Waals surface area contributed by atoms with E-state index in [0.29, 0.717) is 0 Å². The Labute approximate surface area is 290 Å². The minimum atomic E-state index is -0.131. The van der Waals surface area contributed by atoms with Crippen molar-refractivity contribution < 1.29 is 4.42 Å². The van der Waals surface area contributed by atoms with Crippen molar-refractivity contribution in [2.24, 2.45) is 0 Å². The predicted molar refractivity (Wildman–Crippen MR) is 207 cm³/mol. The highest BCUT2D eigenvalue weighted by atomic mass is 16.3. The maximum Gasteiger partial charge on any atom is 0.135 e. The summed E-state index contributed by atoms with van der Waals surface area (Å²) < 4.78 is 6.29. The molecule has 1 aromatic heterocycles. The van der Waals surface area contributed by atoms with E-state index in [1.54, 1.807) is 0 Å². The van der Waals surface area contributed by atoms with Gasteiger partial charge in [-0.05, 0) is 111 Å². The monoisotopic (exact) mass is 637 g/mol. The van der Waals surface area contributed by atoms with E-state index in [0.717, 1.165) is 33.3 Å². The van der Waals surface area contributed by atoms with Crippen LogP contribution in [0.25, 0.3) is 44.2 Å². The molecular weight excluding hydrogens is 595 g/mol. The molecule has 0 bridgehead atoms. The third-order valence-electron chi connectivity index (χ3n) is 11.7. The Bertz CT molecular complexity index is 2420. The molecule has 0 spiro atoms. The molecule has 2 aliphatic rings. The molecule has 0 saturated carbocycles. The van der Waals surface area contributed by atoms with Crippen molar-refractivity contribution in [3.63, 3.8) is 0 Å². The van der Waals surface area contributed by atoms with Gasteiger partial charge in [-0.3, -0.25) is 0 Å². The molecule has 2 heteroatoms. The first-order chi connectivity index (χ1) is 23.5. The van der Waals surface area contributed by atoms with Crippen LogP contribution in [-0.4, -0.2) is 0 Å². The summed E-state index contributed by atoms with van der Waals surface area (Å²) in [6.45, 7) is 14.4. The molecule has 9 rings (SSSR count). The summed E-state index contributed by atoms with van der Waals surface area (Å²) in [6, 6.07) is 47.1. The largest absolute Gasteiger partial charge is 0.456 e. The third-order valence-corrected chi connectivity index (χ3v) is 11.7. The highest BCUT2D eigenvalue weighted by molar-refractivity contribution is 6.07. The lowest BCUT2D eigenvalue weighted by Crippen LogP contribution is -2.33. The zero-order valence-corrected chi connectivity index (χ0v) is 29.4. The van der Waals surface area contributed by atoms with Crippen molar-refractivity contribution in [2.75, 3.05) is 4.90 Å². The van der Waals surface area contributed by atoms with E-state index in [-0.39, 0.29) is 16.2 Å². The summed E-state index contributed by atoms with van der Waals surface area (Å²) in [5, 5.41) is 2.26. The van der Waals surface area contributed by atoms with Gasteiger partial charge in [-0.1, -0.05) is 120 Å². The van der Waals surface area contributed by atoms with Gasteiger partial charge in [-0.2, -0.15) is 0 Å². The van der Waals surface area contributed by atoms with Crippen LogP contribution in [-0.2, 0) is 16.2 Å². The Hall–Kier alpha value is -5.08. The van der Waals surface area contributed by atoms with Gasteiger partial charge in [0.1, 0.15) is 11.2 Å². The molecular formula is C47H43NO. The van der Waals surface area contributed by atoms with Crippen LogP contribution in [0.3, 0.4) is 0 Å². The van der Waals surface area contributed by atoms with Crippen molar-refractivity contribution in [2.45, 2.75) is 70.6 Å². The van der Waals surface area contributed by atoms with Gasteiger partial charge in [0.05, 0.1) is 5.69 Å². The van der Waals surface area contributed by atoms with Crippen molar-refractivity contribution in [3.8, 4) is 22.3 Å². The molecule has 6 aromatic carbocycles. The first-order valence-electron chi connectivity index (χ1n) is 17.7. The molecule has 2 aliphatic carbocycles. The molecule has 0 fully saturated rings. The van der Waals surface area contributed by atoms with Crippen molar-refractivity contribution >= 4 is 39.0 Å². The van der Waals surface area contributed by atoms with Crippen LogP contribution in [0.1, 0.15) is 76.6 Å². The lowest BCUT2D eigenvalue weighted by atomic mass is 9.63. The van der Waals surface area contributed by atoms with E-state index in [9.17, 15) is 0 Å². The SMILES string of the molecule is CC1(C)CCC(C)(C)c2cc(-c3cc4c(cc3N(c3ccccc3)c3ccc5oc6ccccc6c5c3)C(C)(C)c3ccccc3-4)ccc21. The van der Waals surface area contributed by atoms with E-state index >= 15 is 0 Å². The molecule has 0 radical (unpaired) electrons. The maximum atomic E-state index is 6.29. The van der Waals surface area contributed by atoms with Gasteiger partial charge in [-0.15, -0.1) is 0 Å². The molecule has 0 atom stereocenters. The second kappa shape index (κ2) is 10.5. The quantitative estimate of drug-likeness (QED) is 0.191. The first kappa shape index (κ1) is 30.0. The highest BCUT2D eigenvalue weighted by Gasteiger charge is 2.39. The number of nitrogens with zero attached hydrogens (tertiary/aromatic N) is 1. The minimum absolute atomic E-state index is 0.110. The lowest BCUT2D eigenvalue weighted by molar-refractivity contribution is 0.332. The van der Waals surface area contributed by atoms with Crippen LogP contribution in [0.5, 0.6) is 0 Å². The normalized spacial score (nSPS) is 16.7. The van der Waals surface area contributed by atoms with Crippen LogP contribution in [0.15, 0.2) is 132 Å². The lowest BCUT2D eigenvalue weighted by Gasteiger charge is -2.42. The average Bonchev–Trinajstić information content (AvgIpc) is 3.59. The van der Waals surface area contributed by atoms with Gasteiger partial charge in [0.25, 0.3) is 0 Å². The van der Waals surface area contributed by atoms with Crippen molar-refractivity contribution in [1.82, 2.24) is 0 Å². The number of para-hydroxylation sites is 2. The minimum Gasteiger partial charge on any atom is -0.456 e. The second-order valence-corrected chi connectivity index (χ2v) is 16.1. The fraction of sp³-hybridized carbons (Fsp3) is 0.234. The standard InChI is InChI=1S/C47H43NO/c1-45(2)24-25-46(3,4)41-26-30(20-22-39(41)45)35-28-36-33-16-10-12-18-38(33)47(5,6)40(36)29-42(35)48(31-14-8-7-9-15-31)32-21-23-44-37(27-32)34-17-11-13-19-43(34)49-44/h7-23,26-29H,24-25H2,1-6H3. The van der Waals surface area contributed by atoms with Crippen LogP contribution in [0, 0.1) is 0 Å². The van der Waals surface area contributed by atoms with E-state index in [2.05, 4.69) is 168 Å². The Morgan fingerprint density at radius 3 is 1.98 bits per heavy atom. The topological polar surface area (TPSA) is 16.4 Å². The summed E-state index contributed by atoms with van der Waals surface area (Å²) in [6.07, 6.45) is 2.39. The van der Waals surface area contributed by atoms with Crippen LogP contribution < -0.4 is 4.90 Å². The number of hydrogen-bond acceptors (Lipinski definition) is 2. The Balaban J connectivity index is 1.35. The van der Waals surface area contributed by atoms with Crippen molar-refractivity contribution in [1.29, 1.82) is 0 Å². The average molecular weight is 638 g/mol. The Morgan fingerprint density at radius 1 is 0.469 bits per heavy atom.